The van der Waals surface area contributed by atoms with E-state index in [9.17, 15) is 4.79 Å². The van der Waals surface area contributed by atoms with Crippen LogP contribution in [0.4, 0.5) is 0 Å². The van der Waals surface area contributed by atoms with Gasteiger partial charge in [0.05, 0.1) is 23.7 Å². The van der Waals surface area contributed by atoms with E-state index in [1.165, 1.54) is 25.7 Å². The highest BCUT2D eigenvalue weighted by atomic mass is 32.1. The number of ether oxygens (including phenoxy) is 2. The van der Waals surface area contributed by atoms with E-state index >= 15 is 0 Å². The molecule has 5 nitrogen and oxygen atoms in total. The number of rotatable bonds is 4. The summed E-state index contributed by atoms with van der Waals surface area (Å²) in [5.41, 5.74) is 0.837. The molecule has 1 aromatic heterocycles. The van der Waals surface area contributed by atoms with Gasteiger partial charge in [-0.05, 0) is 19.8 Å². The summed E-state index contributed by atoms with van der Waals surface area (Å²) in [6, 6.07) is 0. The second-order valence-electron chi connectivity index (χ2n) is 6.21. The van der Waals surface area contributed by atoms with Gasteiger partial charge in [0.2, 0.25) is 5.91 Å². The lowest BCUT2D eigenvalue weighted by Gasteiger charge is -2.26. The van der Waals surface area contributed by atoms with E-state index in [2.05, 4.69) is 10.3 Å². The van der Waals surface area contributed by atoms with Crippen LogP contribution < -0.4 is 5.32 Å². The normalized spacial score (nSPS) is 24.3. The van der Waals surface area contributed by atoms with Crippen LogP contribution in [0.5, 0.6) is 0 Å². The standard InChI is InChI=1S/C16H24N2O3S/c1-12-18-13(11-22-12)8-15(19)17-9-14-10-20-16(21-14)6-4-2-3-5-7-16/h11,14H,2-10H2,1H3,(H,17,19)/t14-/m0/s1. The molecule has 0 unspecified atom stereocenters. The Morgan fingerprint density at radius 3 is 2.86 bits per heavy atom. The first-order valence-electron chi connectivity index (χ1n) is 8.15. The summed E-state index contributed by atoms with van der Waals surface area (Å²) in [7, 11) is 0. The number of aromatic nitrogens is 1. The van der Waals surface area contributed by atoms with Crippen molar-refractivity contribution in [2.45, 2.75) is 63.8 Å². The number of hydrogen-bond donors (Lipinski definition) is 1. The summed E-state index contributed by atoms with van der Waals surface area (Å²) in [6.07, 6.45) is 7.14. The molecule has 2 aliphatic rings. The molecule has 1 aromatic rings. The number of carbonyl (C=O) groups is 1. The second-order valence-corrected chi connectivity index (χ2v) is 7.28. The van der Waals surface area contributed by atoms with Crippen LogP contribution in [0.25, 0.3) is 0 Å². The van der Waals surface area contributed by atoms with Crippen LogP contribution in [-0.2, 0) is 20.7 Å². The molecule has 2 heterocycles. The lowest BCUT2D eigenvalue weighted by atomic mass is 10.1. The van der Waals surface area contributed by atoms with Gasteiger partial charge in [0.15, 0.2) is 5.79 Å². The molecule has 1 aliphatic heterocycles. The van der Waals surface area contributed by atoms with Crippen LogP contribution >= 0.6 is 11.3 Å². The Balaban J connectivity index is 1.43. The molecule has 0 radical (unpaired) electrons. The molecule has 1 saturated carbocycles. The zero-order valence-corrected chi connectivity index (χ0v) is 13.9. The maximum atomic E-state index is 12.0. The van der Waals surface area contributed by atoms with Crippen LogP contribution in [0.1, 0.15) is 49.2 Å². The van der Waals surface area contributed by atoms with Crippen molar-refractivity contribution < 1.29 is 14.3 Å². The molecule has 122 valence electrons. The number of aryl methyl sites for hydroxylation is 1. The lowest BCUT2D eigenvalue weighted by Crippen LogP contribution is -2.36. The number of nitrogens with one attached hydrogen (secondary N) is 1. The highest BCUT2D eigenvalue weighted by molar-refractivity contribution is 7.09. The van der Waals surface area contributed by atoms with Gasteiger partial charge in [-0.3, -0.25) is 4.79 Å². The first-order chi connectivity index (χ1) is 10.7. The molecule has 0 aromatic carbocycles. The summed E-state index contributed by atoms with van der Waals surface area (Å²) < 4.78 is 12.1. The van der Waals surface area contributed by atoms with Crippen molar-refractivity contribution in [1.82, 2.24) is 10.3 Å². The molecule has 1 saturated heterocycles. The lowest BCUT2D eigenvalue weighted by molar-refractivity contribution is -0.175. The van der Waals surface area contributed by atoms with Crippen molar-refractivity contribution in [3.63, 3.8) is 0 Å². The molecule has 1 atom stereocenters. The summed E-state index contributed by atoms with van der Waals surface area (Å²) in [5.74, 6) is -0.381. The predicted octanol–water partition coefficient (Wildman–Crippen LogP) is 2.58. The number of carbonyl (C=O) groups excluding carboxylic acids is 1. The minimum absolute atomic E-state index is 0.00397. The van der Waals surface area contributed by atoms with Gasteiger partial charge in [0, 0.05) is 24.8 Å². The maximum absolute atomic E-state index is 12.0. The van der Waals surface area contributed by atoms with E-state index in [1.54, 1.807) is 11.3 Å². The SMILES string of the molecule is Cc1nc(CC(=O)NC[C@H]2COC3(CCCCCC3)O2)cs1. The second kappa shape index (κ2) is 7.06. The van der Waals surface area contributed by atoms with Gasteiger partial charge < -0.3 is 14.8 Å². The average molecular weight is 324 g/mol. The Kier molecular flexibility index (Phi) is 5.10. The van der Waals surface area contributed by atoms with Crippen LogP contribution in [0, 0.1) is 6.92 Å². The van der Waals surface area contributed by atoms with Crippen LogP contribution in [-0.4, -0.2) is 35.9 Å². The highest BCUT2D eigenvalue weighted by Crippen LogP contribution is 2.36. The van der Waals surface area contributed by atoms with E-state index in [1.807, 2.05) is 12.3 Å². The van der Waals surface area contributed by atoms with Crippen molar-refractivity contribution >= 4 is 17.2 Å². The zero-order chi connectivity index (χ0) is 15.4. The van der Waals surface area contributed by atoms with Gasteiger partial charge in [-0.15, -0.1) is 11.3 Å². The van der Waals surface area contributed by atoms with Crippen molar-refractivity contribution in [3.8, 4) is 0 Å². The van der Waals surface area contributed by atoms with Crippen LogP contribution in [0.15, 0.2) is 5.38 Å². The molecule has 6 heteroatoms. The third-order valence-corrected chi connectivity index (χ3v) is 5.14. The molecule has 1 spiro atoms. The van der Waals surface area contributed by atoms with Crippen molar-refractivity contribution in [1.29, 1.82) is 0 Å². The Morgan fingerprint density at radius 1 is 1.41 bits per heavy atom. The first kappa shape index (κ1) is 15.9. The van der Waals surface area contributed by atoms with E-state index in [4.69, 9.17) is 9.47 Å². The third kappa shape index (κ3) is 4.06. The fourth-order valence-corrected chi connectivity index (χ4v) is 3.80. The quantitative estimate of drug-likeness (QED) is 0.925. The van der Waals surface area contributed by atoms with Crippen molar-refractivity contribution in [2.75, 3.05) is 13.2 Å². The Labute approximate surface area is 135 Å². The maximum Gasteiger partial charge on any atom is 0.226 e. The third-order valence-electron chi connectivity index (χ3n) is 4.31. The molecule has 1 amide bonds. The van der Waals surface area contributed by atoms with Gasteiger partial charge in [-0.2, -0.15) is 0 Å². The van der Waals surface area contributed by atoms with Gasteiger partial charge in [-0.1, -0.05) is 12.8 Å². The minimum Gasteiger partial charge on any atom is -0.353 e. The fourth-order valence-electron chi connectivity index (χ4n) is 3.19. The predicted molar refractivity (Wildman–Crippen MR) is 84.8 cm³/mol. The van der Waals surface area contributed by atoms with Crippen molar-refractivity contribution in [3.05, 3.63) is 16.1 Å². The number of thiazole rings is 1. The Bertz CT molecular complexity index is 509. The molecule has 22 heavy (non-hydrogen) atoms. The van der Waals surface area contributed by atoms with Gasteiger partial charge in [-0.25, -0.2) is 4.98 Å². The molecule has 1 N–H and O–H groups in total. The number of amides is 1. The van der Waals surface area contributed by atoms with E-state index in [-0.39, 0.29) is 17.8 Å². The topological polar surface area (TPSA) is 60.5 Å². The van der Waals surface area contributed by atoms with Gasteiger partial charge in [0.1, 0.15) is 6.10 Å². The number of hydrogen-bond acceptors (Lipinski definition) is 5. The van der Waals surface area contributed by atoms with Gasteiger partial charge in [0.25, 0.3) is 0 Å². The summed E-state index contributed by atoms with van der Waals surface area (Å²) in [4.78, 5) is 16.3. The van der Waals surface area contributed by atoms with Crippen LogP contribution in [0.3, 0.4) is 0 Å². The van der Waals surface area contributed by atoms with Gasteiger partial charge >= 0.3 is 0 Å². The molecule has 2 fully saturated rings. The molecule has 1 aliphatic carbocycles. The van der Waals surface area contributed by atoms with E-state index < -0.39 is 0 Å². The largest absolute Gasteiger partial charge is 0.353 e. The minimum atomic E-state index is -0.377. The molecule has 3 rings (SSSR count). The molecular formula is C16H24N2O3S. The number of nitrogens with zero attached hydrogens (tertiary/aromatic N) is 1. The summed E-state index contributed by atoms with van der Waals surface area (Å²) >= 11 is 1.57. The highest BCUT2D eigenvalue weighted by Gasteiger charge is 2.41. The molecular weight excluding hydrogens is 300 g/mol. The Morgan fingerprint density at radius 2 is 2.18 bits per heavy atom. The molecule has 0 bridgehead atoms. The summed E-state index contributed by atoms with van der Waals surface area (Å²) in [6.45, 7) is 3.04. The van der Waals surface area contributed by atoms with E-state index in [0.717, 1.165) is 23.5 Å². The zero-order valence-electron chi connectivity index (χ0n) is 13.1. The monoisotopic (exact) mass is 324 g/mol. The average Bonchev–Trinajstić information content (AvgIpc) is 2.99. The van der Waals surface area contributed by atoms with Crippen molar-refractivity contribution in [2.24, 2.45) is 0 Å². The van der Waals surface area contributed by atoms with Crippen LogP contribution in [0.2, 0.25) is 0 Å². The van der Waals surface area contributed by atoms with E-state index in [0.29, 0.717) is 19.6 Å². The Hall–Kier alpha value is -0.980. The smallest absolute Gasteiger partial charge is 0.226 e. The first-order valence-corrected chi connectivity index (χ1v) is 9.03. The summed E-state index contributed by atoms with van der Waals surface area (Å²) in [5, 5.41) is 5.87. The fraction of sp³-hybridized carbons (Fsp3) is 0.750.